The number of urea groups is 1. The van der Waals surface area contributed by atoms with Crippen LogP contribution < -0.4 is 15.4 Å². The van der Waals surface area contributed by atoms with E-state index in [1.807, 2.05) is 0 Å². The summed E-state index contributed by atoms with van der Waals surface area (Å²) in [7, 11) is 1.29. The second-order valence-corrected chi connectivity index (χ2v) is 4.63. The first kappa shape index (κ1) is 15.4. The van der Waals surface area contributed by atoms with Gasteiger partial charge in [0.05, 0.1) is 18.7 Å². The molecule has 0 spiro atoms. The minimum atomic E-state index is -0.615. The summed E-state index contributed by atoms with van der Waals surface area (Å²) in [6.07, 6.45) is 5.16. The lowest BCUT2D eigenvalue weighted by Gasteiger charge is -2.28. The molecule has 1 aromatic carbocycles. The second-order valence-electron chi connectivity index (χ2n) is 4.63. The van der Waals surface area contributed by atoms with Gasteiger partial charge in [0.25, 0.3) is 0 Å². The summed E-state index contributed by atoms with van der Waals surface area (Å²) < 4.78 is 10.2. The fourth-order valence-electron chi connectivity index (χ4n) is 2.23. The van der Waals surface area contributed by atoms with E-state index in [2.05, 4.69) is 16.6 Å². The molecule has 1 aliphatic rings. The molecule has 1 atom stereocenters. The molecule has 6 nitrogen and oxygen atoms in total. The first-order valence-electron chi connectivity index (χ1n) is 6.59. The summed E-state index contributed by atoms with van der Waals surface area (Å²) >= 11 is 0. The lowest BCUT2D eigenvalue weighted by molar-refractivity contribution is -0.136. The summed E-state index contributed by atoms with van der Waals surface area (Å²) in [5.74, 6) is 2.43. The van der Waals surface area contributed by atoms with Gasteiger partial charge < -0.3 is 20.1 Å². The first-order chi connectivity index (χ1) is 10.6. The van der Waals surface area contributed by atoms with Crippen molar-refractivity contribution in [3.05, 3.63) is 41.1 Å². The predicted octanol–water partition coefficient (Wildman–Crippen LogP) is 1.50. The van der Waals surface area contributed by atoms with E-state index < -0.39 is 12.0 Å². The van der Waals surface area contributed by atoms with Crippen LogP contribution in [0.2, 0.25) is 0 Å². The van der Waals surface area contributed by atoms with Crippen molar-refractivity contribution < 1.29 is 19.1 Å². The van der Waals surface area contributed by atoms with E-state index in [0.717, 1.165) is 0 Å². The van der Waals surface area contributed by atoms with Gasteiger partial charge in [-0.05, 0) is 24.6 Å². The van der Waals surface area contributed by atoms with Crippen molar-refractivity contribution in [1.29, 1.82) is 0 Å². The summed E-state index contributed by atoms with van der Waals surface area (Å²) in [6, 6.07) is 6.03. The molecule has 0 radical (unpaired) electrons. The zero-order valence-corrected chi connectivity index (χ0v) is 12.3. The molecule has 2 rings (SSSR count). The maximum absolute atomic E-state index is 12.0. The molecule has 0 aromatic heterocycles. The van der Waals surface area contributed by atoms with E-state index in [4.69, 9.17) is 15.9 Å². The highest BCUT2D eigenvalue weighted by Crippen LogP contribution is 2.29. The number of hydrogen-bond donors (Lipinski definition) is 2. The first-order valence-corrected chi connectivity index (χ1v) is 6.59. The SMILES string of the molecule is C#CCOc1cccc(C2NC(=O)NC(C)=C2C(=O)OC)c1. The van der Waals surface area contributed by atoms with E-state index in [9.17, 15) is 9.59 Å². The number of esters is 1. The smallest absolute Gasteiger partial charge is 0.337 e. The molecule has 0 saturated heterocycles. The number of ether oxygens (including phenoxy) is 2. The molecule has 6 heteroatoms. The number of benzene rings is 1. The van der Waals surface area contributed by atoms with Crippen molar-refractivity contribution in [2.45, 2.75) is 13.0 Å². The van der Waals surface area contributed by atoms with Crippen LogP contribution >= 0.6 is 0 Å². The van der Waals surface area contributed by atoms with Crippen molar-refractivity contribution in [3.63, 3.8) is 0 Å². The largest absolute Gasteiger partial charge is 0.481 e. The van der Waals surface area contributed by atoms with Gasteiger partial charge in [-0.1, -0.05) is 18.1 Å². The van der Waals surface area contributed by atoms with Gasteiger partial charge in [0.2, 0.25) is 0 Å². The molecule has 1 aliphatic heterocycles. The maximum Gasteiger partial charge on any atom is 0.337 e. The molecule has 0 bridgehead atoms. The number of nitrogens with one attached hydrogen (secondary N) is 2. The Hall–Kier alpha value is -2.94. The van der Waals surface area contributed by atoms with Crippen LogP contribution in [0.25, 0.3) is 0 Å². The van der Waals surface area contributed by atoms with Crippen LogP contribution in [0.3, 0.4) is 0 Å². The maximum atomic E-state index is 12.0. The van der Waals surface area contributed by atoms with Crippen LogP contribution in [0.5, 0.6) is 5.75 Å². The van der Waals surface area contributed by atoms with Gasteiger partial charge in [-0.3, -0.25) is 0 Å². The number of carbonyl (C=O) groups is 2. The lowest BCUT2D eigenvalue weighted by Crippen LogP contribution is -2.45. The van der Waals surface area contributed by atoms with Crippen LogP contribution in [0.1, 0.15) is 18.5 Å². The number of amides is 2. The average molecular weight is 300 g/mol. The van der Waals surface area contributed by atoms with Gasteiger partial charge >= 0.3 is 12.0 Å². The second kappa shape index (κ2) is 6.68. The number of terminal acetylenes is 1. The molecule has 22 heavy (non-hydrogen) atoms. The highest BCUT2D eigenvalue weighted by atomic mass is 16.5. The molecule has 2 N–H and O–H groups in total. The molecular formula is C16H16N2O4. The van der Waals surface area contributed by atoms with Crippen molar-refractivity contribution in [1.82, 2.24) is 10.6 Å². The predicted molar refractivity (Wildman–Crippen MR) is 79.9 cm³/mol. The standard InChI is InChI=1S/C16H16N2O4/c1-4-8-22-12-7-5-6-11(9-12)14-13(15(19)21-3)10(2)17-16(20)18-14/h1,5-7,9,14H,8H2,2-3H3,(H2,17,18,20). The van der Waals surface area contributed by atoms with Crippen molar-refractivity contribution in [2.75, 3.05) is 13.7 Å². The summed E-state index contributed by atoms with van der Waals surface area (Å²) in [6.45, 7) is 1.79. The summed E-state index contributed by atoms with van der Waals surface area (Å²) in [5, 5.41) is 5.27. The Morgan fingerprint density at radius 1 is 1.45 bits per heavy atom. The van der Waals surface area contributed by atoms with Gasteiger partial charge in [-0.25, -0.2) is 9.59 Å². The van der Waals surface area contributed by atoms with Gasteiger partial charge in [-0.2, -0.15) is 0 Å². The Morgan fingerprint density at radius 2 is 2.23 bits per heavy atom. The Kier molecular flexibility index (Phi) is 4.69. The van der Waals surface area contributed by atoms with Gasteiger partial charge in [0, 0.05) is 5.70 Å². The minimum Gasteiger partial charge on any atom is -0.481 e. The Bertz CT molecular complexity index is 673. The fourth-order valence-corrected chi connectivity index (χ4v) is 2.23. The molecule has 2 amide bonds. The minimum absolute atomic E-state index is 0.140. The highest BCUT2D eigenvalue weighted by Gasteiger charge is 2.31. The summed E-state index contributed by atoms with van der Waals surface area (Å²) in [4.78, 5) is 23.7. The number of allylic oxidation sites excluding steroid dienone is 1. The topological polar surface area (TPSA) is 76.7 Å². The molecular weight excluding hydrogens is 284 g/mol. The quantitative estimate of drug-likeness (QED) is 0.652. The van der Waals surface area contributed by atoms with E-state index in [1.54, 1.807) is 31.2 Å². The highest BCUT2D eigenvalue weighted by molar-refractivity contribution is 5.94. The van der Waals surface area contributed by atoms with Crippen LogP contribution in [-0.4, -0.2) is 25.7 Å². The normalized spacial score (nSPS) is 17.1. The number of hydrogen-bond acceptors (Lipinski definition) is 4. The lowest BCUT2D eigenvalue weighted by atomic mass is 9.95. The van der Waals surface area contributed by atoms with E-state index in [-0.39, 0.29) is 12.6 Å². The van der Waals surface area contributed by atoms with Crippen molar-refractivity contribution in [3.8, 4) is 18.1 Å². The van der Waals surface area contributed by atoms with Gasteiger partial charge in [-0.15, -0.1) is 6.42 Å². The Labute approximate surface area is 128 Å². The Balaban J connectivity index is 2.40. The fraction of sp³-hybridized carbons (Fsp3) is 0.250. The molecule has 0 aliphatic carbocycles. The third kappa shape index (κ3) is 3.20. The number of rotatable bonds is 4. The molecule has 1 heterocycles. The zero-order valence-electron chi connectivity index (χ0n) is 12.3. The van der Waals surface area contributed by atoms with Crippen molar-refractivity contribution >= 4 is 12.0 Å². The molecule has 0 fully saturated rings. The van der Waals surface area contributed by atoms with E-state index >= 15 is 0 Å². The van der Waals surface area contributed by atoms with Crippen molar-refractivity contribution in [2.24, 2.45) is 0 Å². The van der Waals surface area contributed by atoms with Crippen LogP contribution in [-0.2, 0) is 9.53 Å². The average Bonchev–Trinajstić information content (AvgIpc) is 2.51. The summed E-state index contributed by atoms with van der Waals surface area (Å²) in [5.41, 5.74) is 1.50. The third-order valence-electron chi connectivity index (χ3n) is 3.19. The van der Waals surface area contributed by atoms with Crippen LogP contribution in [0.15, 0.2) is 35.5 Å². The van der Waals surface area contributed by atoms with E-state index in [0.29, 0.717) is 22.6 Å². The van der Waals surface area contributed by atoms with Crippen LogP contribution in [0, 0.1) is 12.3 Å². The van der Waals surface area contributed by atoms with E-state index in [1.165, 1.54) is 7.11 Å². The Morgan fingerprint density at radius 3 is 2.91 bits per heavy atom. The van der Waals surface area contributed by atoms with Gasteiger partial charge in [0.15, 0.2) is 0 Å². The number of carbonyl (C=O) groups excluding carboxylic acids is 2. The zero-order chi connectivity index (χ0) is 16.1. The number of methoxy groups -OCH3 is 1. The monoisotopic (exact) mass is 300 g/mol. The molecule has 114 valence electrons. The molecule has 1 unspecified atom stereocenters. The van der Waals surface area contributed by atoms with Crippen LogP contribution in [0.4, 0.5) is 4.79 Å². The molecule has 0 saturated carbocycles. The third-order valence-corrected chi connectivity index (χ3v) is 3.19. The molecule has 1 aromatic rings. The van der Waals surface area contributed by atoms with Gasteiger partial charge in [0.1, 0.15) is 12.4 Å².